The van der Waals surface area contributed by atoms with Crippen LogP contribution >= 0.6 is 0 Å². The van der Waals surface area contributed by atoms with Crippen LogP contribution in [0, 0.1) is 5.92 Å². The molecule has 0 bridgehead atoms. The van der Waals surface area contributed by atoms with E-state index in [1.807, 2.05) is 30.3 Å². The van der Waals surface area contributed by atoms with E-state index in [0.29, 0.717) is 13.0 Å². The maximum Gasteiger partial charge on any atom is 0.262 e. The summed E-state index contributed by atoms with van der Waals surface area (Å²) in [6, 6.07) is 9.97. The number of piperidine rings is 1. The van der Waals surface area contributed by atoms with Crippen molar-refractivity contribution in [2.45, 2.75) is 24.0 Å². The van der Waals surface area contributed by atoms with Gasteiger partial charge in [0.15, 0.2) is 5.03 Å². The number of aliphatic hydroxyl groups excluding tert-OH is 1. The van der Waals surface area contributed by atoms with Crippen molar-refractivity contribution >= 4 is 10.0 Å². The molecule has 1 N–H and O–H groups in total. The molecule has 1 aromatic heterocycles. The second-order valence-electron chi connectivity index (χ2n) is 6.05. The van der Waals surface area contributed by atoms with Gasteiger partial charge in [0.1, 0.15) is 0 Å². The van der Waals surface area contributed by atoms with Crippen molar-refractivity contribution in [3.05, 3.63) is 48.4 Å². The summed E-state index contributed by atoms with van der Waals surface area (Å²) in [4.78, 5) is 3.93. The number of sulfonamides is 1. The van der Waals surface area contributed by atoms with Gasteiger partial charge in [-0.2, -0.15) is 4.31 Å². The summed E-state index contributed by atoms with van der Waals surface area (Å²) in [6.07, 6.45) is 3.69. The predicted octanol–water partition coefficient (Wildman–Crippen LogP) is 1.03. The fourth-order valence-electron chi connectivity index (χ4n) is 2.98. The highest BCUT2D eigenvalue weighted by Crippen LogP contribution is 2.26. The third-order valence-electron chi connectivity index (χ3n) is 4.31. The van der Waals surface area contributed by atoms with E-state index in [9.17, 15) is 13.5 Å². The number of aliphatic hydroxyl groups is 1. The van der Waals surface area contributed by atoms with E-state index >= 15 is 0 Å². The number of rotatable bonds is 4. The van der Waals surface area contributed by atoms with Gasteiger partial charge < -0.3 is 9.67 Å². The maximum atomic E-state index is 12.6. The topological polar surface area (TPSA) is 75.4 Å². The largest absolute Gasteiger partial charge is 0.391 e. The van der Waals surface area contributed by atoms with E-state index in [0.717, 1.165) is 12.0 Å². The summed E-state index contributed by atoms with van der Waals surface area (Å²) >= 11 is 0. The molecule has 1 aliphatic rings. The number of aryl methyl sites for hydroxylation is 1. The van der Waals surface area contributed by atoms with Crippen LogP contribution in [-0.2, 0) is 23.5 Å². The molecule has 0 amide bonds. The molecular weight excluding hydrogens is 314 g/mol. The third kappa shape index (κ3) is 3.46. The molecule has 1 aliphatic heterocycles. The number of aromatic nitrogens is 2. The molecule has 0 spiro atoms. The lowest BCUT2D eigenvalue weighted by molar-refractivity contribution is 0.0519. The Labute approximate surface area is 136 Å². The van der Waals surface area contributed by atoms with E-state index in [1.165, 1.54) is 16.8 Å². The molecule has 1 aromatic carbocycles. The molecule has 2 aromatic rings. The van der Waals surface area contributed by atoms with E-state index in [4.69, 9.17) is 0 Å². The van der Waals surface area contributed by atoms with Gasteiger partial charge in [-0.3, -0.25) is 0 Å². The Hall–Kier alpha value is -1.70. The lowest BCUT2D eigenvalue weighted by atomic mass is 9.89. The van der Waals surface area contributed by atoms with Gasteiger partial charge in [0.25, 0.3) is 10.0 Å². The van der Waals surface area contributed by atoms with Crippen molar-refractivity contribution in [3.8, 4) is 0 Å². The van der Waals surface area contributed by atoms with Crippen molar-refractivity contribution < 1.29 is 13.5 Å². The predicted molar refractivity (Wildman–Crippen MR) is 86.2 cm³/mol. The summed E-state index contributed by atoms with van der Waals surface area (Å²) in [5.41, 5.74) is 1.16. The molecule has 0 aliphatic carbocycles. The van der Waals surface area contributed by atoms with Gasteiger partial charge in [0.05, 0.1) is 12.4 Å². The SMILES string of the molecule is Cn1cnc(S(=O)(=O)N2CC[C@H](Cc3ccccc3)[C@@H](O)C2)c1. The first-order valence-electron chi connectivity index (χ1n) is 7.67. The molecule has 6 nitrogen and oxygen atoms in total. The Bertz CT molecular complexity index is 758. The monoisotopic (exact) mass is 335 g/mol. The number of benzene rings is 1. The number of β-amino-alcohol motifs (C(OH)–C–C–N with tert-alkyl or cyclic N) is 1. The molecule has 0 radical (unpaired) electrons. The summed E-state index contributed by atoms with van der Waals surface area (Å²) in [5.74, 6) is 0.0765. The van der Waals surface area contributed by atoms with Gasteiger partial charge in [0.2, 0.25) is 0 Å². The zero-order chi connectivity index (χ0) is 16.4. The summed E-state index contributed by atoms with van der Waals surface area (Å²) in [6.45, 7) is 0.532. The Morgan fingerprint density at radius 2 is 2.04 bits per heavy atom. The van der Waals surface area contributed by atoms with Gasteiger partial charge >= 0.3 is 0 Å². The highest BCUT2D eigenvalue weighted by atomic mass is 32.2. The fourth-order valence-corrected chi connectivity index (χ4v) is 4.42. The Morgan fingerprint density at radius 3 is 2.65 bits per heavy atom. The lowest BCUT2D eigenvalue weighted by Crippen LogP contribution is -2.47. The smallest absolute Gasteiger partial charge is 0.262 e. The van der Waals surface area contributed by atoms with Crippen LogP contribution in [0.4, 0.5) is 0 Å². The van der Waals surface area contributed by atoms with Crippen LogP contribution in [0.3, 0.4) is 0 Å². The Morgan fingerprint density at radius 1 is 1.30 bits per heavy atom. The molecule has 2 heterocycles. The second kappa shape index (κ2) is 6.43. The first-order chi connectivity index (χ1) is 11.0. The molecule has 0 saturated carbocycles. The lowest BCUT2D eigenvalue weighted by Gasteiger charge is -2.34. The highest BCUT2D eigenvalue weighted by molar-refractivity contribution is 7.89. The Kier molecular flexibility index (Phi) is 4.52. The normalized spacial score (nSPS) is 23.0. The second-order valence-corrected chi connectivity index (χ2v) is 7.93. The molecule has 1 fully saturated rings. The maximum absolute atomic E-state index is 12.6. The first kappa shape index (κ1) is 16.2. The minimum absolute atomic E-state index is 0.0358. The first-order valence-corrected chi connectivity index (χ1v) is 9.11. The van der Waals surface area contributed by atoms with Crippen LogP contribution in [0.2, 0.25) is 0 Å². The summed E-state index contributed by atoms with van der Waals surface area (Å²) < 4.78 is 28.0. The van der Waals surface area contributed by atoms with Crippen LogP contribution in [-0.4, -0.2) is 46.6 Å². The number of hydrogen-bond donors (Lipinski definition) is 1. The molecule has 0 unspecified atom stereocenters. The fraction of sp³-hybridized carbons (Fsp3) is 0.438. The van der Waals surface area contributed by atoms with Crippen molar-refractivity contribution in [1.29, 1.82) is 0 Å². The van der Waals surface area contributed by atoms with Crippen molar-refractivity contribution in [1.82, 2.24) is 13.9 Å². The zero-order valence-corrected chi connectivity index (χ0v) is 13.9. The van der Waals surface area contributed by atoms with Gasteiger partial charge in [-0.1, -0.05) is 30.3 Å². The number of imidazole rings is 1. The molecule has 124 valence electrons. The highest BCUT2D eigenvalue weighted by Gasteiger charge is 2.35. The summed E-state index contributed by atoms with van der Waals surface area (Å²) in [5, 5.41) is 10.4. The third-order valence-corrected chi connectivity index (χ3v) is 6.06. The number of nitrogens with zero attached hydrogens (tertiary/aromatic N) is 3. The van der Waals surface area contributed by atoms with E-state index in [2.05, 4.69) is 4.98 Å². The average Bonchev–Trinajstić information content (AvgIpc) is 2.97. The molecule has 7 heteroatoms. The Balaban J connectivity index is 1.69. The van der Waals surface area contributed by atoms with E-state index < -0.39 is 16.1 Å². The van der Waals surface area contributed by atoms with Gasteiger partial charge in [-0.15, -0.1) is 0 Å². The average molecular weight is 335 g/mol. The molecule has 23 heavy (non-hydrogen) atoms. The van der Waals surface area contributed by atoms with Crippen molar-refractivity contribution in [3.63, 3.8) is 0 Å². The molecular formula is C16H21N3O3S. The van der Waals surface area contributed by atoms with Gasteiger partial charge in [-0.05, 0) is 24.3 Å². The van der Waals surface area contributed by atoms with Crippen LogP contribution in [0.1, 0.15) is 12.0 Å². The zero-order valence-electron chi connectivity index (χ0n) is 13.0. The summed E-state index contributed by atoms with van der Waals surface area (Å²) in [7, 11) is -1.90. The van der Waals surface area contributed by atoms with Crippen LogP contribution in [0.15, 0.2) is 47.9 Å². The minimum atomic E-state index is -3.63. The van der Waals surface area contributed by atoms with Crippen LogP contribution < -0.4 is 0 Å². The quantitative estimate of drug-likeness (QED) is 0.906. The van der Waals surface area contributed by atoms with E-state index in [-0.39, 0.29) is 17.5 Å². The van der Waals surface area contributed by atoms with Crippen molar-refractivity contribution in [2.75, 3.05) is 13.1 Å². The molecule has 3 rings (SSSR count). The van der Waals surface area contributed by atoms with Crippen LogP contribution in [0.25, 0.3) is 0 Å². The minimum Gasteiger partial charge on any atom is -0.391 e. The van der Waals surface area contributed by atoms with E-state index in [1.54, 1.807) is 11.6 Å². The van der Waals surface area contributed by atoms with Crippen LogP contribution in [0.5, 0.6) is 0 Å². The standard InChI is InChI=1S/C16H21N3O3S/c1-18-11-16(17-12-18)23(21,22)19-8-7-14(15(20)10-19)9-13-5-3-2-4-6-13/h2-6,11-12,14-15,20H,7-10H2,1H3/t14-,15+/m1/s1. The number of hydrogen-bond acceptors (Lipinski definition) is 4. The van der Waals surface area contributed by atoms with Gasteiger partial charge in [-0.25, -0.2) is 13.4 Å². The molecule has 2 atom stereocenters. The van der Waals surface area contributed by atoms with Gasteiger partial charge in [0, 0.05) is 26.3 Å². The van der Waals surface area contributed by atoms with Crippen molar-refractivity contribution in [2.24, 2.45) is 13.0 Å². The molecule has 1 saturated heterocycles.